The van der Waals surface area contributed by atoms with Gasteiger partial charge in [0.15, 0.2) is 0 Å². The zero-order chi connectivity index (χ0) is 16.8. The van der Waals surface area contributed by atoms with Crippen LogP contribution in [0.4, 0.5) is 0 Å². The number of Topliss-reactive ketones (excluding diaryl/α,β-unsaturated/α-hetero) is 1. The third-order valence-corrected chi connectivity index (χ3v) is 7.45. The van der Waals surface area contributed by atoms with Crippen molar-refractivity contribution in [3.63, 3.8) is 0 Å². The van der Waals surface area contributed by atoms with Crippen LogP contribution in [-0.4, -0.2) is 12.3 Å². The number of allylic oxidation sites excluding steroid dienone is 2. The molecular formula is C20H29NO2. The Balaban J connectivity index is 1.97. The molecule has 3 aliphatic carbocycles. The van der Waals surface area contributed by atoms with E-state index in [1.54, 1.807) is 0 Å². The van der Waals surface area contributed by atoms with Crippen LogP contribution in [0.15, 0.2) is 29.5 Å². The van der Waals surface area contributed by atoms with E-state index in [1.807, 2.05) is 6.08 Å². The summed E-state index contributed by atoms with van der Waals surface area (Å²) in [5.74, 6) is 2.34. The van der Waals surface area contributed by atoms with E-state index >= 15 is 0 Å². The van der Waals surface area contributed by atoms with Crippen molar-refractivity contribution in [2.45, 2.75) is 52.9 Å². The van der Waals surface area contributed by atoms with Crippen molar-refractivity contribution in [2.24, 2.45) is 39.7 Å². The summed E-state index contributed by atoms with van der Waals surface area (Å²) in [5, 5.41) is 3.12. The average Bonchev–Trinajstić information content (AvgIpc) is 2.51. The maximum atomic E-state index is 12.5. The lowest BCUT2D eigenvalue weighted by Gasteiger charge is -2.60. The highest BCUT2D eigenvalue weighted by Crippen LogP contribution is 2.63. The number of rotatable bonds is 3. The largest absolute Gasteiger partial charge is 0.299 e. The minimum Gasteiger partial charge on any atom is -0.299 e. The Morgan fingerprint density at radius 2 is 2.09 bits per heavy atom. The van der Waals surface area contributed by atoms with Gasteiger partial charge in [0.25, 0.3) is 0 Å². The van der Waals surface area contributed by atoms with E-state index in [1.165, 1.54) is 0 Å². The molecule has 0 N–H and O–H groups in total. The third-order valence-electron chi connectivity index (χ3n) is 7.45. The Hall–Kier alpha value is -1.25. The number of nitroso groups, excluding NO2 is 1. The van der Waals surface area contributed by atoms with Crippen molar-refractivity contribution in [1.82, 2.24) is 0 Å². The molecule has 0 radical (unpaired) electrons. The first-order valence-corrected chi connectivity index (χ1v) is 9.00. The smallest absolute Gasteiger partial charge is 0.138 e. The van der Waals surface area contributed by atoms with Gasteiger partial charge in [-0.25, -0.2) is 0 Å². The second-order valence-electron chi connectivity index (χ2n) is 8.61. The van der Waals surface area contributed by atoms with E-state index < -0.39 is 0 Å². The summed E-state index contributed by atoms with van der Waals surface area (Å²) in [5.41, 5.74) is 1.18. The Kier molecular flexibility index (Phi) is 4.10. The van der Waals surface area contributed by atoms with Crippen LogP contribution in [0.3, 0.4) is 0 Å². The number of nitrogens with zero attached hydrogens (tertiary/aromatic N) is 1. The van der Waals surface area contributed by atoms with Gasteiger partial charge in [-0.05, 0) is 54.4 Å². The van der Waals surface area contributed by atoms with E-state index in [0.717, 1.165) is 31.3 Å². The highest BCUT2D eigenvalue weighted by Gasteiger charge is 2.58. The molecule has 0 aromatic rings. The number of carbonyl (C=O) groups is 1. The summed E-state index contributed by atoms with van der Waals surface area (Å²) in [6, 6.07) is 0. The van der Waals surface area contributed by atoms with Gasteiger partial charge in [-0.2, -0.15) is 4.91 Å². The molecule has 2 fully saturated rings. The van der Waals surface area contributed by atoms with Crippen LogP contribution in [0.1, 0.15) is 52.9 Å². The van der Waals surface area contributed by atoms with Crippen LogP contribution < -0.4 is 0 Å². The predicted molar refractivity (Wildman–Crippen MR) is 92.9 cm³/mol. The first-order valence-electron chi connectivity index (χ1n) is 9.00. The van der Waals surface area contributed by atoms with Crippen LogP contribution in [0.25, 0.3) is 0 Å². The Labute approximate surface area is 139 Å². The molecule has 0 bridgehead atoms. The van der Waals surface area contributed by atoms with Gasteiger partial charge in [0, 0.05) is 17.8 Å². The first-order chi connectivity index (χ1) is 10.9. The van der Waals surface area contributed by atoms with Crippen LogP contribution in [-0.2, 0) is 4.79 Å². The van der Waals surface area contributed by atoms with E-state index in [2.05, 4.69) is 38.6 Å². The molecule has 3 rings (SSSR count). The minimum absolute atomic E-state index is 0.198. The molecule has 0 aromatic heterocycles. The number of hydrogen-bond donors (Lipinski definition) is 0. The van der Waals surface area contributed by atoms with Gasteiger partial charge in [-0.3, -0.25) is 4.79 Å². The second kappa shape index (κ2) is 5.68. The van der Waals surface area contributed by atoms with Crippen molar-refractivity contribution >= 4 is 5.78 Å². The van der Waals surface area contributed by atoms with E-state index in [4.69, 9.17) is 0 Å². The SMILES string of the molecule is C=CC1C(CN=O)=CCC2C1CCC1C(C)(C)C(=O)CC[C@]21C. The number of ketones is 1. The van der Waals surface area contributed by atoms with Crippen molar-refractivity contribution in [3.8, 4) is 0 Å². The standard InChI is InChI=1S/C20H29NO2/c1-5-14-13(12-21-23)6-8-16-15(14)7-9-17-19(2,3)18(22)10-11-20(16,17)4/h5-6,14-17H,1,7-12H2,2-4H3/t14?,15?,16?,17?,20-/m1/s1. The fourth-order valence-corrected chi connectivity index (χ4v) is 6.22. The summed E-state index contributed by atoms with van der Waals surface area (Å²) >= 11 is 0. The summed E-state index contributed by atoms with van der Waals surface area (Å²) in [6.45, 7) is 11.1. The van der Waals surface area contributed by atoms with Gasteiger partial charge in [-0.1, -0.05) is 38.1 Å². The van der Waals surface area contributed by atoms with Gasteiger partial charge in [0.05, 0.1) is 0 Å². The maximum Gasteiger partial charge on any atom is 0.138 e. The molecule has 126 valence electrons. The molecule has 5 atom stereocenters. The van der Waals surface area contributed by atoms with Crippen LogP contribution in [0.2, 0.25) is 0 Å². The normalized spacial score (nSPS) is 42.2. The summed E-state index contributed by atoms with van der Waals surface area (Å²) < 4.78 is 0. The van der Waals surface area contributed by atoms with Crippen LogP contribution in [0.5, 0.6) is 0 Å². The lowest BCUT2D eigenvalue weighted by Crippen LogP contribution is -2.56. The van der Waals surface area contributed by atoms with Gasteiger partial charge in [-0.15, -0.1) is 6.58 Å². The zero-order valence-corrected chi connectivity index (χ0v) is 14.7. The summed E-state index contributed by atoms with van der Waals surface area (Å²) in [6.07, 6.45) is 9.27. The average molecular weight is 315 g/mol. The van der Waals surface area contributed by atoms with Crippen molar-refractivity contribution in [1.29, 1.82) is 0 Å². The first kappa shape index (κ1) is 16.6. The van der Waals surface area contributed by atoms with E-state index in [-0.39, 0.29) is 16.7 Å². The van der Waals surface area contributed by atoms with Gasteiger partial charge in [0.1, 0.15) is 12.3 Å². The third kappa shape index (κ3) is 2.35. The molecule has 0 amide bonds. The fourth-order valence-electron chi connectivity index (χ4n) is 6.22. The quantitative estimate of drug-likeness (QED) is 0.548. The predicted octanol–water partition coefficient (Wildman–Crippen LogP) is 4.92. The molecule has 0 spiro atoms. The molecular weight excluding hydrogens is 286 g/mol. The summed E-state index contributed by atoms with van der Waals surface area (Å²) in [4.78, 5) is 23.2. The Morgan fingerprint density at radius 3 is 2.74 bits per heavy atom. The lowest BCUT2D eigenvalue weighted by atomic mass is 9.43. The fraction of sp³-hybridized carbons (Fsp3) is 0.750. The van der Waals surface area contributed by atoms with E-state index in [0.29, 0.717) is 36.5 Å². The molecule has 4 unspecified atom stereocenters. The van der Waals surface area contributed by atoms with Crippen LogP contribution in [0, 0.1) is 39.4 Å². The Bertz CT molecular complexity index is 562. The Morgan fingerprint density at radius 1 is 1.35 bits per heavy atom. The number of fused-ring (bicyclic) bond motifs is 3. The summed E-state index contributed by atoms with van der Waals surface area (Å²) in [7, 11) is 0. The molecule has 3 aliphatic rings. The zero-order valence-electron chi connectivity index (χ0n) is 14.7. The maximum absolute atomic E-state index is 12.5. The number of hydrogen-bond acceptors (Lipinski definition) is 3. The number of carbonyl (C=O) groups excluding carboxylic acids is 1. The van der Waals surface area contributed by atoms with Crippen molar-refractivity contribution in [3.05, 3.63) is 29.2 Å². The molecule has 23 heavy (non-hydrogen) atoms. The molecule has 2 saturated carbocycles. The monoisotopic (exact) mass is 315 g/mol. The second-order valence-corrected chi connectivity index (χ2v) is 8.61. The van der Waals surface area contributed by atoms with Gasteiger partial charge in [0.2, 0.25) is 0 Å². The van der Waals surface area contributed by atoms with Crippen molar-refractivity contribution < 1.29 is 4.79 Å². The van der Waals surface area contributed by atoms with Crippen molar-refractivity contribution in [2.75, 3.05) is 6.54 Å². The molecule has 0 aliphatic heterocycles. The van der Waals surface area contributed by atoms with Crippen LogP contribution >= 0.6 is 0 Å². The molecule has 0 saturated heterocycles. The molecule has 0 heterocycles. The van der Waals surface area contributed by atoms with E-state index in [9.17, 15) is 9.70 Å². The molecule has 3 heteroatoms. The van der Waals surface area contributed by atoms with Gasteiger partial charge < -0.3 is 0 Å². The lowest BCUT2D eigenvalue weighted by molar-refractivity contribution is -0.152. The highest BCUT2D eigenvalue weighted by atomic mass is 16.3. The minimum atomic E-state index is -0.198. The topological polar surface area (TPSA) is 46.5 Å². The molecule has 0 aromatic carbocycles. The highest BCUT2D eigenvalue weighted by molar-refractivity contribution is 5.85. The van der Waals surface area contributed by atoms with Gasteiger partial charge >= 0.3 is 0 Å². The molecule has 3 nitrogen and oxygen atoms in total.